The van der Waals surface area contributed by atoms with Crippen LogP contribution in [0.15, 0.2) is 24.3 Å². The van der Waals surface area contributed by atoms with Gasteiger partial charge in [-0.1, -0.05) is 31.2 Å². The Morgan fingerprint density at radius 2 is 2.11 bits per heavy atom. The summed E-state index contributed by atoms with van der Waals surface area (Å²) in [6.45, 7) is 2.79. The molecule has 4 nitrogen and oxygen atoms in total. The van der Waals surface area contributed by atoms with Gasteiger partial charge >= 0.3 is 0 Å². The highest BCUT2D eigenvalue weighted by molar-refractivity contribution is 5.94. The highest BCUT2D eigenvalue weighted by atomic mass is 16.2. The topological polar surface area (TPSA) is 49.4 Å². The predicted octanol–water partition coefficient (Wildman–Crippen LogP) is 1.06. The summed E-state index contributed by atoms with van der Waals surface area (Å²) in [4.78, 5) is 25.5. The highest BCUT2D eigenvalue weighted by Gasteiger charge is 2.35. The molecule has 1 saturated heterocycles. The van der Waals surface area contributed by atoms with Gasteiger partial charge in [0.15, 0.2) is 0 Å². The minimum absolute atomic E-state index is 0.0425. The molecule has 1 N–H and O–H groups in total. The fourth-order valence-corrected chi connectivity index (χ4v) is 3.00. The molecule has 1 aliphatic heterocycles. The molecule has 1 heterocycles. The Kier molecular flexibility index (Phi) is 3.01. The number of hydrogen-bond donors (Lipinski definition) is 1. The minimum atomic E-state index is -0.337. The Bertz CT molecular complexity index is 527. The largest absolute Gasteiger partial charge is 0.343 e. The third-order valence-electron chi connectivity index (χ3n) is 4.09. The molecule has 4 heteroatoms. The van der Waals surface area contributed by atoms with Crippen molar-refractivity contribution in [1.82, 2.24) is 10.2 Å². The lowest BCUT2D eigenvalue weighted by Crippen LogP contribution is -2.58. The van der Waals surface area contributed by atoms with Crippen LogP contribution in [0.1, 0.15) is 30.4 Å². The molecule has 2 atom stereocenters. The molecule has 100 valence electrons. The van der Waals surface area contributed by atoms with E-state index in [1.54, 1.807) is 4.90 Å². The number of piperazine rings is 1. The van der Waals surface area contributed by atoms with E-state index >= 15 is 0 Å². The van der Waals surface area contributed by atoms with Crippen molar-refractivity contribution < 1.29 is 9.59 Å². The number of hydrogen-bond acceptors (Lipinski definition) is 2. The van der Waals surface area contributed by atoms with Gasteiger partial charge in [-0.25, -0.2) is 0 Å². The summed E-state index contributed by atoms with van der Waals surface area (Å²) in [6.07, 6.45) is 1.67. The molecule has 0 bridgehead atoms. The lowest BCUT2D eigenvalue weighted by atomic mass is 9.77. The van der Waals surface area contributed by atoms with Crippen molar-refractivity contribution in [3.05, 3.63) is 35.4 Å². The van der Waals surface area contributed by atoms with Gasteiger partial charge in [0.1, 0.15) is 6.04 Å². The fourth-order valence-electron chi connectivity index (χ4n) is 3.00. The monoisotopic (exact) mass is 258 g/mol. The van der Waals surface area contributed by atoms with Gasteiger partial charge in [0, 0.05) is 12.5 Å². The number of nitrogens with one attached hydrogen (secondary N) is 1. The quantitative estimate of drug-likeness (QED) is 0.881. The summed E-state index contributed by atoms with van der Waals surface area (Å²) >= 11 is 0. The van der Waals surface area contributed by atoms with Crippen LogP contribution < -0.4 is 5.32 Å². The molecule has 1 aliphatic carbocycles. The highest BCUT2D eigenvalue weighted by Crippen LogP contribution is 2.35. The van der Waals surface area contributed by atoms with E-state index in [9.17, 15) is 9.59 Å². The zero-order valence-electron chi connectivity index (χ0n) is 11.1. The van der Waals surface area contributed by atoms with Crippen molar-refractivity contribution >= 4 is 11.8 Å². The van der Waals surface area contributed by atoms with Gasteiger partial charge in [0.25, 0.3) is 0 Å². The maximum absolute atomic E-state index is 12.2. The van der Waals surface area contributed by atoms with Gasteiger partial charge in [0.2, 0.25) is 11.8 Å². The van der Waals surface area contributed by atoms with Gasteiger partial charge in [-0.15, -0.1) is 0 Å². The molecule has 3 rings (SSSR count). The SMILES string of the molecule is CCC1NC(=O)CN(CC2Cc3ccccc32)C1=O. The van der Waals surface area contributed by atoms with Crippen molar-refractivity contribution in [2.24, 2.45) is 0 Å². The molecule has 0 aromatic heterocycles. The minimum Gasteiger partial charge on any atom is -0.343 e. The molecule has 0 saturated carbocycles. The average molecular weight is 258 g/mol. The Morgan fingerprint density at radius 3 is 2.84 bits per heavy atom. The molecular weight excluding hydrogens is 240 g/mol. The van der Waals surface area contributed by atoms with Gasteiger partial charge in [-0.3, -0.25) is 9.59 Å². The second kappa shape index (κ2) is 4.68. The molecule has 0 spiro atoms. The number of carbonyl (C=O) groups is 2. The number of rotatable bonds is 3. The van der Waals surface area contributed by atoms with E-state index in [1.807, 2.05) is 19.1 Å². The van der Waals surface area contributed by atoms with Crippen LogP contribution in [0.5, 0.6) is 0 Å². The number of fused-ring (bicyclic) bond motifs is 1. The number of nitrogens with zero attached hydrogens (tertiary/aromatic N) is 1. The van der Waals surface area contributed by atoms with Crippen molar-refractivity contribution in [1.29, 1.82) is 0 Å². The van der Waals surface area contributed by atoms with Gasteiger partial charge in [-0.05, 0) is 24.0 Å². The van der Waals surface area contributed by atoms with E-state index in [-0.39, 0.29) is 24.4 Å². The zero-order chi connectivity index (χ0) is 13.4. The summed E-state index contributed by atoms with van der Waals surface area (Å²) in [5.41, 5.74) is 2.70. The first-order valence-electron chi connectivity index (χ1n) is 6.85. The molecule has 19 heavy (non-hydrogen) atoms. The van der Waals surface area contributed by atoms with Crippen LogP contribution in [0.2, 0.25) is 0 Å². The molecule has 1 fully saturated rings. The Morgan fingerprint density at radius 1 is 1.32 bits per heavy atom. The zero-order valence-corrected chi connectivity index (χ0v) is 11.1. The van der Waals surface area contributed by atoms with Crippen molar-refractivity contribution in [3.8, 4) is 0 Å². The van der Waals surface area contributed by atoms with Crippen LogP contribution in [0.25, 0.3) is 0 Å². The van der Waals surface area contributed by atoms with Gasteiger partial charge in [-0.2, -0.15) is 0 Å². The summed E-state index contributed by atoms with van der Waals surface area (Å²) in [5.74, 6) is 0.411. The van der Waals surface area contributed by atoms with E-state index in [2.05, 4.69) is 17.4 Å². The summed E-state index contributed by atoms with van der Waals surface area (Å²) < 4.78 is 0. The molecule has 0 radical (unpaired) electrons. The standard InChI is InChI=1S/C15H18N2O2/c1-2-13-15(19)17(9-14(18)16-13)8-11-7-10-5-3-4-6-12(10)11/h3-6,11,13H,2,7-9H2,1H3,(H,16,18). The van der Waals surface area contributed by atoms with Crippen LogP contribution in [0.4, 0.5) is 0 Å². The summed E-state index contributed by atoms with van der Waals surface area (Å²) in [7, 11) is 0. The van der Waals surface area contributed by atoms with E-state index < -0.39 is 0 Å². The molecule has 1 aromatic carbocycles. The Labute approximate surface area is 112 Å². The van der Waals surface area contributed by atoms with Crippen molar-refractivity contribution in [2.45, 2.75) is 31.7 Å². The third-order valence-corrected chi connectivity index (χ3v) is 4.09. The normalized spacial score (nSPS) is 25.6. The van der Waals surface area contributed by atoms with Crippen molar-refractivity contribution in [3.63, 3.8) is 0 Å². The maximum Gasteiger partial charge on any atom is 0.245 e. The van der Waals surface area contributed by atoms with Crippen LogP contribution >= 0.6 is 0 Å². The molecule has 2 amide bonds. The third kappa shape index (κ3) is 2.11. The number of benzene rings is 1. The molecular formula is C15H18N2O2. The maximum atomic E-state index is 12.2. The lowest BCUT2D eigenvalue weighted by molar-refractivity contribution is -0.144. The van der Waals surface area contributed by atoms with Gasteiger partial charge in [0.05, 0.1) is 6.54 Å². The van der Waals surface area contributed by atoms with E-state index in [0.29, 0.717) is 18.9 Å². The second-order valence-corrected chi connectivity index (χ2v) is 5.35. The Balaban J connectivity index is 1.70. The lowest BCUT2D eigenvalue weighted by Gasteiger charge is -2.38. The second-order valence-electron chi connectivity index (χ2n) is 5.35. The van der Waals surface area contributed by atoms with E-state index in [0.717, 1.165) is 6.42 Å². The van der Waals surface area contributed by atoms with E-state index in [1.165, 1.54) is 11.1 Å². The number of carbonyl (C=O) groups excluding carboxylic acids is 2. The first-order valence-corrected chi connectivity index (χ1v) is 6.85. The summed E-state index contributed by atoms with van der Waals surface area (Å²) in [6, 6.07) is 7.99. The number of amides is 2. The summed E-state index contributed by atoms with van der Waals surface area (Å²) in [5, 5.41) is 2.74. The van der Waals surface area contributed by atoms with E-state index in [4.69, 9.17) is 0 Å². The van der Waals surface area contributed by atoms with Crippen LogP contribution in [0, 0.1) is 0 Å². The van der Waals surface area contributed by atoms with Crippen LogP contribution in [-0.4, -0.2) is 35.8 Å². The molecule has 1 aromatic rings. The van der Waals surface area contributed by atoms with Crippen molar-refractivity contribution in [2.75, 3.05) is 13.1 Å². The molecule has 2 aliphatic rings. The Hall–Kier alpha value is -1.84. The smallest absolute Gasteiger partial charge is 0.245 e. The first-order chi connectivity index (χ1) is 9.19. The predicted molar refractivity (Wildman–Crippen MR) is 71.7 cm³/mol. The van der Waals surface area contributed by atoms with Gasteiger partial charge < -0.3 is 10.2 Å². The van der Waals surface area contributed by atoms with Crippen LogP contribution in [0.3, 0.4) is 0 Å². The van der Waals surface area contributed by atoms with Crippen LogP contribution in [-0.2, 0) is 16.0 Å². The first kappa shape index (κ1) is 12.2. The molecule has 2 unspecified atom stereocenters. The average Bonchev–Trinajstić information content (AvgIpc) is 2.39. The fraction of sp³-hybridized carbons (Fsp3) is 0.467.